The first-order chi connectivity index (χ1) is 23.7. The summed E-state index contributed by atoms with van der Waals surface area (Å²) in [5.41, 5.74) is 4.59. The van der Waals surface area contributed by atoms with Crippen LogP contribution in [0.1, 0.15) is 73.1 Å². The Labute approximate surface area is 297 Å². The summed E-state index contributed by atoms with van der Waals surface area (Å²) in [7, 11) is 1.27. The summed E-state index contributed by atoms with van der Waals surface area (Å²) < 4.78 is 6.94. The van der Waals surface area contributed by atoms with E-state index in [1.807, 2.05) is 12.4 Å². The number of hydrogen-bond donors (Lipinski definition) is 4. The molecule has 0 spiro atoms. The molecule has 270 valence electrons. The van der Waals surface area contributed by atoms with Crippen molar-refractivity contribution in [2.45, 2.75) is 73.1 Å². The summed E-state index contributed by atoms with van der Waals surface area (Å²) in [6.07, 6.45) is 13.4. The van der Waals surface area contributed by atoms with Crippen LogP contribution in [0.3, 0.4) is 0 Å². The fourth-order valence-electron chi connectivity index (χ4n) is 4.58. The van der Waals surface area contributed by atoms with Crippen LogP contribution >= 0.6 is 22.7 Å². The van der Waals surface area contributed by atoms with Crippen LogP contribution in [0.2, 0.25) is 0 Å². The first kappa shape index (κ1) is 40.9. The SMILES string of the molecule is CC(=O)NCC(=O)N1CCCC1.CCC.CCC.COC(=O)NCC(=O)N1CCCC1.c1ncc(-c2csc3c(-c4cnc[nH]4)csc23)[nH]1. The van der Waals surface area contributed by atoms with Gasteiger partial charge in [0.25, 0.3) is 0 Å². The predicted octanol–water partition coefficient (Wildman–Crippen LogP) is 6.29. The van der Waals surface area contributed by atoms with Crippen LogP contribution in [-0.2, 0) is 19.1 Å². The van der Waals surface area contributed by atoms with Crippen LogP contribution in [0.5, 0.6) is 0 Å². The number of likely N-dealkylation sites (tertiary alicyclic amines) is 2. The van der Waals surface area contributed by atoms with Gasteiger partial charge in [0.2, 0.25) is 17.7 Å². The molecule has 6 rings (SSSR count). The molecule has 2 aliphatic rings. The number of thiophene rings is 2. The zero-order valence-corrected chi connectivity index (χ0v) is 31.2. The Hall–Kier alpha value is -4.24. The maximum absolute atomic E-state index is 11.3. The lowest BCUT2D eigenvalue weighted by molar-refractivity contribution is -0.131. The van der Waals surface area contributed by atoms with Gasteiger partial charge in [-0.15, -0.1) is 22.7 Å². The van der Waals surface area contributed by atoms with Gasteiger partial charge in [-0.3, -0.25) is 14.4 Å². The standard InChI is InChI=1S/C12H8N4S2.C8H14N2O3.C8H14N2O2.2C3H8/c1-9(15-5-13-1)7-3-17-12-8(4-18-11(7)12)10-2-14-6-16-10;1-13-8(12)9-6-7(11)10-4-2-3-5-10;1-7(11)9-6-8(12)10-4-2-3-5-10;2*1-3-2/h1-6H,(H,13,15)(H,14,16);2-6H2,1H3,(H,9,12);2-6H2,1H3,(H,9,11);2*3H2,1-2H3. The van der Waals surface area contributed by atoms with Gasteiger partial charge in [-0.05, 0) is 25.7 Å². The molecule has 2 aliphatic heterocycles. The number of carbonyl (C=O) groups is 4. The molecule has 2 saturated heterocycles. The van der Waals surface area contributed by atoms with Gasteiger partial charge in [-0.25, -0.2) is 14.8 Å². The Bertz CT molecular complexity index is 1440. The first-order valence-electron chi connectivity index (χ1n) is 16.8. The van der Waals surface area contributed by atoms with E-state index in [-0.39, 0.29) is 30.8 Å². The summed E-state index contributed by atoms with van der Waals surface area (Å²) in [4.78, 5) is 61.7. The second-order valence-electron chi connectivity index (χ2n) is 11.2. The van der Waals surface area contributed by atoms with Crippen molar-refractivity contribution in [3.05, 3.63) is 35.8 Å². The van der Waals surface area contributed by atoms with Crippen LogP contribution in [0, 0.1) is 0 Å². The van der Waals surface area contributed by atoms with Crippen LogP contribution in [0.25, 0.3) is 31.9 Å². The summed E-state index contributed by atoms with van der Waals surface area (Å²) >= 11 is 3.52. The van der Waals surface area contributed by atoms with Crippen molar-refractivity contribution in [3.63, 3.8) is 0 Å². The molecule has 4 N–H and O–H groups in total. The van der Waals surface area contributed by atoms with E-state index in [4.69, 9.17) is 0 Å². The summed E-state index contributed by atoms with van der Waals surface area (Å²) in [5, 5.41) is 9.20. The average molecular weight is 717 g/mol. The Kier molecular flexibility index (Phi) is 19.4. The highest BCUT2D eigenvalue weighted by molar-refractivity contribution is 7.27. The van der Waals surface area contributed by atoms with Crippen LogP contribution in [0.15, 0.2) is 35.8 Å². The van der Waals surface area contributed by atoms with E-state index < -0.39 is 6.09 Å². The van der Waals surface area contributed by atoms with Gasteiger partial charge < -0.3 is 35.1 Å². The molecule has 4 amide bonds. The highest BCUT2D eigenvalue weighted by Gasteiger charge is 2.19. The number of methoxy groups -OCH3 is 1. The zero-order chi connectivity index (χ0) is 36.0. The van der Waals surface area contributed by atoms with Crippen molar-refractivity contribution < 1.29 is 23.9 Å². The van der Waals surface area contributed by atoms with Crippen LogP contribution in [0.4, 0.5) is 4.79 Å². The molecule has 0 aliphatic carbocycles. The molecule has 0 unspecified atom stereocenters. The Balaban J connectivity index is 0.000000242. The number of alkyl carbamates (subject to hydrolysis) is 1. The van der Waals surface area contributed by atoms with E-state index in [0.717, 1.165) is 63.3 Å². The van der Waals surface area contributed by atoms with E-state index in [1.165, 1.54) is 47.4 Å². The average Bonchev–Trinajstić information content (AvgIpc) is 3.94. The molecule has 15 heteroatoms. The minimum absolute atomic E-state index is 0.0303. The summed E-state index contributed by atoms with van der Waals surface area (Å²) in [6, 6.07) is 0. The first-order valence-corrected chi connectivity index (χ1v) is 18.5. The van der Waals surface area contributed by atoms with Gasteiger partial charge in [0, 0.05) is 55.0 Å². The third-order valence-corrected chi connectivity index (χ3v) is 8.99. The van der Waals surface area contributed by atoms with E-state index in [9.17, 15) is 19.2 Å². The lowest BCUT2D eigenvalue weighted by Crippen LogP contribution is -2.38. The lowest BCUT2D eigenvalue weighted by atomic mass is 10.2. The molecule has 0 atom stereocenters. The van der Waals surface area contributed by atoms with Gasteiger partial charge in [-0.2, -0.15) is 0 Å². The predicted molar refractivity (Wildman–Crippen MR) is 198 cm³/mol. The number of rotatable bonds is 6. The number of carbonyl (C=O) groups excluding carboxylic acids is 4. The Morgan fingerprint density at radius 2 is 1.12 bits per heavy atom. The normalized spacial score (nSPS) is 13.0. The van der Waals surface area contributed by atoms with Crippen LogP contribution in [-0.4, -0.2) is 99.9 Å². The Morgan fingerprint density at radius 3 is 1.45 bits per heavy atom. The minimum atomic E-state index is -0.562. The molecular weight excluding hydrogens is 665 g/mol. The van der Waals surface area contributed by atoms with Gasteiger partial charge in [-0.1, -0.05) is 40.5 Å². The second kappa shape index (κ2) is 23.2. The number of ether oxygens (including phenoxy) is 1. The van der Waals surface area contributed by atoms with E-state index in [1.54, 1.807) is 45.1 Å². The zero-order valence-electron chi connectivity index (χ0n) is 29.6. The molecule has 4 aromatic heterocycles. The van der Waals surface area contributed by atoms with Gasteiger partial charge in [0.15, 0.2) is 0 Å². The number of fused-ring (bicyclic) bond motifs is 1. The molecule has 0 saturated carbocycles. The summed E-state index contributed by atoms with van der Waals surface area (Å²) in [6.45, 7) is 13.4. The lowest BCUT2D eigenvalue weighted by Gasteiger charge is -2.14. The number of imidazole rings is 2. The van der Waals surface area contributed by atoms with Crippen molar-refractivity contribution in [1.82, 2.24) is 40.4 Å². The Morgan fingerprint density at radius 1 is 0.735 bits per heavy atom. The third-order valence-electron chi connectivity index (χ3n) is 6.84. The van der Waals surface area contributed by atoms with E-state index >= 15 is 0 Å². The number of hydrogen-bond acceptors (Lipinski definition) is 9. The molecule has 4 aromatic rings. The van der Waals surface area contributed by atoms with Crippen LogP contribution < -0.4 is 10.6 Å². The highest BCUT2D eigenvalue weighted by atomic mass is 32.1. The molecule has 2 fully saturated rings. The maximum atomic E-state index is 11.3. The van der Waals surface area contributed by atoms with E-state index in [0.29, 0.717) is 0 Å². The fourth-order valence-corrected chi connectivity index (χ4v) is 7.00. The smallest absolute Gasteiger partial charge is 0.407 e. The van der Waals surface area contributed by atoms with Crippen molar-refractivity contribution in [2.75, 3.05) is 46.4 Å². The van der Waals surface area contributed by atoms with Crippen molar-refractivity contribution in [1.29, 1.82) is 0 Å². The largest absolute Gasteiger partial charge is 0.453 e. The van der Waals surface area contributed by atoms with Crippen molar-refractivity contribution >= 4 is 55.9 Å². The monoisotopic (exact) mass is 716 g/mol. The van der Waals surface area contributed by atoms with Gasteiger partial charge >= 0.3 is 6.09 Å². The number of nitrogens with zero attached hydrogens (tertiary/aromatic N) is 4. The number of aromatic amines is 2. The number of nitrogens with one attached hydrogen (secondary N) is 4. The molecule has 13 nitrogen and oxygen atoms in total. The second-order valence-corrected chi connectivity index (χ2v) is 13.0. The molecule has 49 heavy (non-hydrogen) atoms. The molecule has 0 bridgehead atoms. The minimum Gasteiger partial charge on any atom is -0.453 e. The highest BCUT2D eigenvalue weighted by Crippen LogP contribution is 2.42. The molecular formula is C34H52N8O5S2. The number of amides is 4. The van der Waals surface area contributed by atoms with Crippen molar-refractivity contribution in [2.24, 2.45) is 0 Å². The quantitative estimate of drug-likeness (QED) is 0.182. The molecule has 6 heterocycles. The molecule has 0 radical (unpaired) electrons. The van der Waals surface area contributed by atoms with Gasteiger partial charge in [0.1, 0.15) is 6.54 Å². The number of H-pyrrole nitrogens is 2. The molecule has 0 aromatic carbocycles. The van der Waals surface area contributed by atoms with E-state index in [2.05, 4.69) is 73.8 Å². The topological polar surface area (TPSA) is 165 Å². The van der Waals surface area contributed by atoms with Gasteiger partial charge in [0.05, 0.1) is 59.5 Å². The maximum Gasteiger partial charge on any atom is 0.407 e. The number of aromatic nitrogens is 4. The fraction of sp³-hybridized carbons (Fsp3) is 0.529. The third kappa shape index (κ3) is 14.0. The van der Waals surface area contributed by atoms with Crippen molar-refractivity contribution in [3.8, 4) is 22.5 Å². The summed E-state index contributed by atoms with van der Waals surface area (Å²) in [5.74, 6) is -0.159.